The third-order valence-electron chi connectivity index (χ3n) is 3.33. The second-order valence-corrected chi connectivity index (χ2v) is 5.13. The van der Waals surface area contributed by atoms with Gasteiger partial charge in [0, 0.05) is 12.1 Å². The van der Waals surface area contributed by atoms with Gasteiger partial charge in [-0.25, -0.2) is 0 Å². The van der Waals surface area contributed by atoms with Crippen molar-refractivity contribution in [3.63, 3.8) is 0 Å². The van der Waals surface area contributed by atoms with Gasteiger partial charge < -0.3 is 19.5 Å². The number of ether oxygens (including phenoxy) is 3. The van der Waals surface area contributed by atoms with Gasteiger partial charge >= 0.3 is 0 Å². The van der Waals surface area contributed by atoms with E-state index in [2.05, 4.69) is 5.32 Å². The van der Waals surface area contributed by atoms with Crippen LogP contribution < -0.4 is 19.5 Å². The second kappa shape index (κ2) is 9.45. The van der Waals surface area contributed by atoms with Crippen LogP contribution in [0, 0.1) is 0 Å². The highest BCUT2D eigenvalue weighted by Gasteiger charge is 2.03. The predicted molar refractivity (Wildman–Crippen MR) is 94.0 cm³/mol. The summed E-state index contributed by atoms with van der Waals surface area (Å²) in [6.45, 7) is 3.05. The Bertz CT molecular complexity index is 623. The Morgan fingerprint density at radius 2 is 1.50 bits per heavy atom. The summed E-state index contributed by atoms with van der Waals surface area (Å²) in [6.07, 6.45) is 1.05. The number of rotatable bonds is 9. The maximum absolute atomic E-state index is 11.9. The smallest absolute Gasteiger partial charge is 0.224 e. The van der Waals surface area contributed by atoms with Crippen molar-refractivity contribution in [2.75, 3.05) is 25.6 Å². The Hall–Kier alpha value is -2.69. The molecule has 5 nitrogen and oxygen atoms in total. The third kappa shape index (κ3) is 5.83. The molecule has 0 atom stereocenters. The maximum Gasteiger partial charge on any atom is 0.224 e. The first-order valence-corrected chi connectivity index (χ1v) is 8.01. The van der Waals surface area contributed by atoms with Crippen molar-refractivity contribution in [2.24, 2.45) is 0 Å². The molecule has 0 saturated carbocycles. The summed E-state index contributed by atoms with van der Waals surface area (Å²) in [5.41, 5.74) is 0.763. The molecular weight excluding hydrogens is 306 g/mol. The van der Waals surface area contributed by atoms with Gasteiger partial charge in [0.2, 0.25) is 5.91 Å². The van der Waals surface area contributed by atoms with E-state index in [1.165, 1.54) is 0 Å². The van der Waals surface area contributed by atoms with Crippen molar-refractivity contribution in [2.45, 2.75) is 19.8 Å². The zero-order chi connectivity index (χ0) is 17.2. The van der Waals surface area contributed by atoms with Crippen molar-refractivity contribution in [3.05, 3.63) is 48.5 Å². The number of carbonyl (C=O) groups excluding carboxylic acids is 1. The van der Waals surface area contributed by atoms with Crippen LogP contribution in [0.25, 0.3) is 0 Å². The van der Waals surface area contributed by atoms with Crippen molar-refractivity contribution in [1.29, 1.82) is 0 Å². The maximum atomic E-state index is 11.9. The van der Waals surface area contributed by atoms with Crippen LogP contribution in [-0.4, -0.2) is 26.2 Å². The molecule has 0 bridgehead atoms. The Morgan fingerprint density at radius 3 is 2.12 bits per heavy atom. The van der Waals surface area contributed by atoms with Gasteiger partial charge in [-0.05, 0) is 61.9 Å². The van der Waals surface area contributed by atoms with Crippen LogP contribution in [-0.2, 0) is 4.79 Å². The molecule has 0 aromatic heterocycles. The van der Waals surface area contributed by atoms with E-state index in [-0.39, 0.29) is 5.91 Å². The fourth-order valence-corrected chi connectivity index (χ4v) is 2.12. The molecule has 0 aliphatic heterocycles. The monoisotopic (exact) mass is 329 g/mol. The molecule has 1 amide bonds. The summed E-state index contributed by atoms with van der Waals surface area (Å²) >= 11 is 0. The van der Waals surface area contributed by atoms with Crippen LogP contribution in [0.5, 0.6) is 17.2 Å². The Morgan fingerprint density at radius 1 is 0.917 bits per heavy atom. The Labute approximate surface area is 142 Å². The molecule has 0 aliphatic carbocycles. The first-order valence-electron chi connectivity index (χ1n) is 8.01. The average Bonchev–Trinajstić information content (AvgIpc) is 2.61. The molecule has 5 heteroatoms. The van der Waals surface area contributed by atoms with Gasteiger partial charge in [0.15, 0.2) is 0 Å². The quantitative estimate of drug-likeness (QED) is 0.709. The lowest BCUT2D eigenvalue weighted by molar-refractivity contribution is -0.116. The summed E-state index contributed by atoms with van der Waals surface area (Å²) in [7, 11) is 1.62. The molecule has 128 valence electrons. The minimum Gasteiger partial charge on any atom is -0.497 e. The van der Waals surface area contributed by atoms with Gasteiger partial charge in [-0.15, -0.1) is 0 Å². The molecule has 0 spiro atoms. The molecule has 2 aromatic carbocycles. The van der Waals surface area contributed by atoms with E-state index in [1.54, 1.807) is 7.11 Å². The number of anilines is 1. The van der Waals surface area contributed by atoms with E-state index >= 15 is 0 Å². The summed E-state index contributed by atoms with van der Waals surface area (Å²) in [5.74, 6) is 2.32. The normalized spacial score (nSPS) is 10.1. The first-order chi connectivity index (χ1) is 11.7. The SMILES string of the molecule is CCOc1ccc(NC(=O)CCCOc2ccc(OC)cc2)cc1. The molecule has 1 N–H and O–H groups in total. The number of hydrogen-bond donors (Lipinski definition) is 1. The lowest BCUT2D eigenvalue weighted by Gasteiger charge is -2.08. The highest BCUT2D eigenvalue weighted by atomic mass is 16.5. The van der Waals surface area contributed by atoms with Crippen LogP contribution in [0.4, 0.5) is 5.69 Å². The third-order valence-corrected chi connectivity index (χ3v) is 3.33. The van der Waals surface area contributed by atoms with Crippen molar-refractivity contribution in [3.8, 4) is 17.2 Å². The lowest BCUT2D eigenvalue weighted by Crippen LogP contribution is -2.12. The minimum absolute atomic E-state index is 0.0301. The van der Waals surface area contributed by atoms with Gasteiger partial charge in [-0.2, -0.15) is 0 Å². The summed E-state index contributed by atoms with van der Waals surface area (Å²) < 4.78 is 16.0. The Kier molecular flexibility index (Phi) is 6.95. The molecule has 0 saturated heterocycles. The van der Waals surface area contributed by atoms with Gasteiger partial charge in [0.05, 0.1) is 20.3 Å². The van der Waals surface area contributed by atoms with Gasteiger partial charge in [0.1, 0.15) is 17.2 Å². The van der Waals surface area contributed by atoms with E-state index in [0.717, 1.165) is 22.9 Å². The van der Waals surface area contributed by atoms with Gasteiger partial charge in [-0.1, -0.05) is 0 Å². The zero-order valence-electron chi connectivity index (χ0n) is 14.1. The van der Waals surface area contributed by atoms with Crippen LogP contribution >= 0.6 is 0 Å². The van der Waals surface area contributed by atoms with Gasteiger partial charge in [0.25, 0.3) is 0 Å². The van der Waals surface area contributed by atoms with E-state index < -0.39 is 0 Å². The van der Waals surface area contributed by atoms with Crippen LogP contribution in [0.15, 0.2) is 48.5 Å². The van der Waals surface area contributed by atoms with Crippen LogP contribution in [0.1, 0.15) is 19.8 Å². The molecule has 2 aromatic rings. The van der Waals surface area contributed by atoms with Gasteiger partial charge in [-0.3, -0.25) is 4.79 Å². The molecule has 0 heterocycles. The molecule has 24 heavy (non-hydrogen) atoms. The number of hydrogen-bond acceptors (Lipinski definition) is 4. The molecule has 0 unspecified atom stereocenters. The number of carbonyl (C=O) groups is 1. The molecular formula is C19H23NO4. The van der Waals surface area contributed by atoms with E-state index in [9.17, 15) is 4.79 Å². The van der Waals surface area contributed by atoms with E-state index in [4.69, 9.17) is 14.2 Å². The van der Waals surface area contributed by atoms with Crippen LogP contribution in [0.3, 0.4) is 0 Å². The lowest BCUT2D eigenvalue weighted by atomic mass is 10.2. The zero-order valence-corrected chi connectivity index (χ0v) is 14.1. The van der Waals surface area contributed by atoms with Crippen LogP contribution in [0.2, 0.25) is 0 Å². The highest BCUT2D eigenvalue weighted by molar-refractivity contribution is 5.90. The average molecular weight is 329 g/mol. The fraction of sp³-hybridized carbons (Fsp3) is 0.316. The van der Waals surface area contributed by atoms with E-state index in [1.807, 2.05) is 55.5 Å². The molecule has 0 aliphatic rings. The molecule has 0 radical (unpaired) electrons. The summed E-state index contributed by atoms with van der Waals surface area (Å²) in [6, 6.07) is 14.7. The predicted octanol–water partition coefficient (Wildman–Crippen LogP) is 3.89. The Balaban J connectivity index is 1.67. The molecule has 2 rings (SSSR count). The number of methoxy groups -OCH3 is 1. The number of amides is 1. The second-order valence-electron chi connectivity index (χ2n) is 5.13. The number of nitrogens with one attached hydrogen (secondary N) is 1. The van der Waals surface area contributed by atoms with Crippen molar-refractivity contribution in [1.82, 2.24) is 0 Å². The van der Waals surface area contributed by atoms with Crippen molar-refractivity contribution >= 4 is 11.6 Å². The highest BCUT2D eigenvalue weighted by Crippen LogP contribution is 2.18. The topological polar surface area (TPSA) is 56.8 Å². The first kappa shape index (κ1) is 17.7. The summed E-state index contributed by atoms with van der Waals surface area (Å²) in [5, 5.41) is 2.86. The largest absolute Gasteiger partial charge is 0.497 e. The summed E-state index contributed by atoms with van der Waals surface area (Å²) in [4.78, 5) is 11.9. The number of benzene rings is 2. The van der Waals surface area contributed by atoms with Crippen molar-refractivity contribution < 1.29 is 19.0 Å². The minimum atomic E-state index is -0.0301. The fourth-order valence-electron chi connectivity index (χ4n) is 2.12. The van der Waals surface area contributed by atoms with E-state index in [0.29, 0.717) is 26.1 Å². The molecule has 0 fully saturated rings. The standard InChI is InChI=1S/C19H23NO4/c1-3-23-17-8-6-15(7-9-17)20-19(21)5-4-14-24-18-12-10-16(22-2)11-13-18/h6-13H,3-5,14H2,1-2H3,(H,20,21).